The molecule has 1 atom stereocenters. The fraction of sp³-hybridized carbons (Fsp3) is 0.333. The van der Waals surface area contributed by atoms with Crippen LogP contribution in [0.3, 0.4) is 0 Å². The van der Waals surface area contributed by atoms with Crippen molar-refractivity contribution in [3.8, 4) is 0 Å². The summed E-state index contributed by atoms with van der Waals surface area (Å²) in [7, 11) is 0. The lowest BCUT2D eigenvalue weighted by atomic mass is 10.1. The molecule has 1 nitrogen and oxygen atoms in total. The van der Waals surface area contributed by atoms with E-state index in [2.05, 4.69) is 24.8 Å². The predicted molar refractivity (Wildman–Crippen MR) is 70.1 cm³/mol. The van der Waals surface area contributed by atoms with Crippen molar-refractivity contribution in [1.29, 1.82) is 0 Å². The Bertz CT molecular complexity index is 313. The Labute approximate surface area is 98.1 Å². The van der Waals surface area contributed by atoms with Crippen LogP contribution in [0.4, 0.5) is 0 Å². The molecule has 0 amide bonds. The quantitative estimate of drug-likeness (QED) is 0.543. The Morgan fingerprint density at radius 3 is 2.69 bits per heavy atom. The number of rotatable bonds is 7. The Balaban J connectivity index is 2.23. The minimum absolute atomic E-state index is 0.222. The van der Waals surface area contributed by atoms with E-state index in [4.69, 9.17) is 0 Å². The molecule has 1 aromatic rings. The maximum atomic E-state index is 9.67. The summed E-state index contributed by atoms with van der Waals surface area (Å²) in [6.07, 6.45) is 9.34. The van der Waals surface area contributed by atoms with Crippen molar-refractivity contribution in [2.75, 3.05) is 0 Å². The molecular weight excluding hydrogens is 196 g/mol. The Morgan fingerprint density at radius 2 is 2.00 bits per heavy atom. The number of unbranched alkanes of at least 4 members (excludes halogenated alkanes) is 1. The van der Waals surface area contributed by atoms with Gasteiger partial charge in [-0.05, 0) is 31.2 Å². The van der Waals surface area contributed by atoms with Gasteiger partial charge in [-0.3, -0.25) is 0 Å². The molecule has 0 saturated carbocycles. The van der Waals surface area contributed by atoms with E-state index in [1.807, 2.05) is 30.4 Å². The Hall–Kier alpha value is -1.34. The van der Waals surface area contributed by atoms with E-state index in [9.17, 15) is 5.11 Å². The van der Waals surface area contributed by atoms with Gasteiger partial charge in [0.05, 0.1) is 6.10 Å². The van der Waals surface area contributed by atoms with Crippen molar-refractivity contribution in [3.63, 3.8) is 0 Å². The van der Waals surface area contributed by atoms with Gasteiger partial charge in [0, 0.05) is 0 Å². The summed E-state index contributed by atoms with van der Waals surface area (Å²) < 4.78 is 0. The maximum Gasteiger partial charge on any atom is 0.0574 e. The van der Waals surface area contributed by atoms with Crippen LogP contribution in [-0.4, -0.2) is 11.2 Å². The van der Waals surface area contributed by atoms with E-state index in [0.29, 0.717) is 0 Å². The molecular formula is C15H20O. The van der Waals surface area contributed by atoms with Crippen LogP contribution in [0.2, 0.25) is 0 Å². The molecule has 1 N–H and O–H groups in total. The van der Waals surface area contributed by atoms with Crippen molar-refractivity contribution >= 4 is 6.08 Å². The first-order valence-electron chi connectivity index (χ1n) is 5.83. The fourth-order valence-electron chi connectivity index (χ4n) is 1.54. The van der Waals surface area contributed by atoms with Crippen LogP contribution in [0.1, 0.15) is 31.2 Å². The van der Waals surface area contributed by atoms with Crippen molar-refractivity contribution in [2.45, 2.75) is 31.8 Å². The zero-order chi connectivity index (χ0) is 11.6. The first-order chi connectivity index (χ1) is 7.83. The van der Waals surface area contributed by atoms with Gasteiger partial charge < -0.3 is 5.11 Å². The van der Waals surface area contributed by atoms with E-state index in [1.165, 1.54) is 5.56 Å². The third-order valence-corrected chi connectivity index (χ3v) is 2.46. The molecule has 0 fully saturated rings. The molecule has 16 heavy (non-hydrogen) atoms. The summed E-state index contributed by atoms with van der Waals surface area (Å²) in [4.78, 5) is 0. The van der Waals surface area contributed by atoms with Crippen LogP contribution in [0.25, 0.3) is 6.08 Å². The zero-order valence-electron chi connectivity index (χ0n) is 9.68. The largest absolute Gasteiger partial charge is 0.393 e. The van der Waals surface area contributed by atoms with E-state index in [1.54, 1.807) is 0 Å². The van der Waals surface area contributed by atoms with Gasteiger partial charge in [-0.15, -0.1) is 6.58 Å². The first kappa shape index (κ1) is 12.7. The molecule has 0 saturated heterocycles. The molecule has 1 rings (SSSR count). The van der Waals surface area contributed by atoms with Crippen molar-refractivity contribution < 1.29 is 5.11 Å². The number of hydrogen-bond donors (Lipinski definition) is 1. The van der Waals surface area contributed by atoms with Gasteiger partial charge in [-0.1, -0.05) is 48.6 Å². The summed E-state index contributed by atoms with van der Waals surface area (Å²) in [5, 5.41) is 9.67. The normalized spacial score (nSPS) is 12.8. The average molecular weight is 216 g/mol. The zero-order valence-corrected chi connectivity index (χ0v) is 9.68. The smallest absolute Gasteiger partial charge is 0.0574 e. The van der Waals surface area contributed by atoms with Crippen molar-refractivity contribution in [2.24, 2.45) is 0 Å². The highest BCUT2D eigenvalue weighted by Crippen LogP contribution is 2.07. The molecule has 0 aliphatic rings. The minimum atomic E-state index is -0.222. The monoisotopic (exact) mass is 216 g/mol. The number of allylic oxidation sites excluding steroid dienone is 1. The van der Waals surface area contributed by atoms with E-state index >= 15 is 0 Å². The number of aliphatic hydroxyl groups excluding tert-OH is 1. The second-order valence-corrected chi connectivity index (χ2v) is 3.92. The second-order valence-electron chi connectivity index (χ2n) is 3.92. The number of aliphatic hydroxyl groups is 1. The predicted octanol–water partition coefficient (Wildman–Crippen LogP) is 3.81. The second kappa shape index (κ2) is 7.89. The summed E-state index contributed by atoms with van der Waals surface area (Å²) in [5.41, 5.74) is 1.18. The molecule has 0 bridgehead atoms. The van der Waals surface area contributed by atoms with Crippen LogP contribution in [0.15, 0.2) is 49.1 Å². The molecule has 86 valence electrons. The fourth-order valence-corrected chi connectivity index (χ4v) is 1.54. The van der Waals surface area contributed by atoms with Crippen LogP contribution >= 0.6 is 0 Å². The molecule has 0 spiro atoms. The SMILES string of the molecule is C=CCCCC(O)C/C=C/c1ccccc1. The van der Waals surface area contributed by atoms with E-state index < -0.39 is 0 Å². The molecule has 1 aromatic carbocycles. The lowest BCUT2D eigenvalue weighted by Gasteiger charge is -2.05. The maximum absolute atomic E-state index is 9.67. The van der Waals surface area contributed by atoms with Gasteiger partial charge in [0.1, 0.15) is 0 Å². The third-order valence-electron chi connectivity index (χ3n) is 2.46. The molecule has 0 heterocycles. The molecule has 1 unspecified atom stereocenters. The summed E-state index contributed by atoms with van der Waals surface area (Å²) in [5.74, 6) is 0. The number of benzene rings is 1. The Morgan fingerprint density at radius 1 is 1.25 bits per heavy atom. The number of hydrogen-bond acceptors (Lipinski definition) is 1. The van der Waals surface area contributed by atoms with Crippen molar-refractivity contribution in [1.82, 2.24) is 0 Å². The molecule has 1 heteroatoms. The van der Waals surface area contributed by atoms with Gasteiger partial charge in [0.15, 0.2) is 0 Å². The lowest BCUT2D eigenvalue weighted by Crippen LogP contribution is -2.03. The summed E-state index contributed by atoms with van der Waals surface area (Å²) in [6, 6.07) is 10.1. The highest BCUT2D eigenvalue weighted by molar-refractivity contribution is 5.48. The molecule has 0 radical (unpaired) electrons. The summed E-state index contributed by atoms with van der Waals surface area (Å²) >= 11 is 0. The highest BCUT2D eigenvalue weighted by atomic mass is 16.3. The van der Waals surface area contributed by atoms with E-state index in [-0.39, 0.29) is 6.10 Å². The van der Waals surface area contributed by atoms with Gasteiger partial charge in [-0.25, -0.2) is 0 Å². The van der Waals surface area contributed by atoms with Gasteiger partial charge in [0.2, 0.25) is 0 Å². The molecule has 0 aliphatic carbocycles. The van der Waals surface area contributed by atoms with Crippen LogP contribution in [0.5, 0.6) is 0 Å². The van der Waals surface area contributed by atoms with Gasteiger partial charge in [-0.2, -0.15) is 0 Å². The average Bonchev–Trinajstić information content (AvgIpc) is 2.31. The Kier molecular flexibility index (Phi) is 6.28. The van der Waals surface area contributed by atoms with Crippen LogP contribution in [-0.2, 0) is 0 Å². The lowest BCUT2D eigenvalue weighted by molar-refractivity contribution is 0.165. The van der Waals surface area contributed by atoms with Crippen molar-refractivity contribution in [3.05, 3.63) is 54.6 Å². The first-order valence-corrected chi connectivity index (χ1v) is 5.83. The third kappa shape index (κ3) is 5.52. The molecule has 0 aliphatic heterocycles. The summed E-state index contributed by atoms with van der Waals surface area (Å²) in [6.45, 7) is 3.66. The minimum Gasteiger partial charge on any atom is -0.393 e. The van der Waals surface area contributed by atoms with Gasteiger partial charge >= 0.3 is 0 Å². The standard InChI is InChI=1S/C15H20O/c1-2-3-5-12-15(16)13-8-11-14-9-6-4-7-10-14/h2,4,6-11,15-16H,1,3,5,12-13H2/b11-8+. The van der Waals surface area contributed by atoms with Gasteiger partial charge in [0.25, 0.3) is 0 Å². The van der Waals surface area contributed by atoms with E-state index in [0.717, 1.165) is 25.7 Å². The molecule has 0 aromatic heterocycles. The van der Waals surface area contributed by atoms with Crippen LogP contribution < -0.4 is 0 Å². The topological polar surface area (TPSA) is 20.2 Å². The highest BCUT2D eigenvalue weighted by Gasteiger charge is 1.99. The van der Waals surface area contributed by atoms with Crippen LogP contribution in [0, 0.1) is 0 Å².